The lowest BCUT2D eigenvalue weighted by Gasteiger charge is -2.31. The highest BCUT2D eigenvalue weighted by Crippen LogP contribution is 2.31. The van der Waals surface area contributed by atoms with Gasteiger partial charge in [-0.1, -0.05) is 0 Å². The van der Waals surface area contributed by atoms with Crippen LogP contribution in [-0.2, 0) is 17.8 Å². The van der Waals surface area contributed by atoms with Crippen molar-refractivity contribution in [2.75, 3.05) is 38.5 Å². The maximum atomic E-state index is 15.3. The lowest BCUT2D eigenvalue weighted by molar-refractivity contribution is -0.123. The second-order valence-corrected chi connectivity index (χ2v) is 12.9. The summed E-state index contributed by atoms with van der Waals surface area (Å²) >= 11 is 0. The molecular formula is C35H38F2N8O5. The molecule has 2 N–H and O–H groups in total. The van der Waals surface area contributed by atoms with Crippen LogP contribution in [0.15, 0.2) is 64.6 Å². The summed E-state index contributed by atoms with van der Waals surface area (Å²) in [6.45, 7) is 6.55. The van der Waals surface area contributed by atoms with Crippen molar-refractivity contribution in [2.45, 2.75) is 51.7 Å². The van der Waals surface area contributed by atoms with E-state index in [0.717, 1.165) is 54.9 Å². The molecule has 50 heavy (non-hydrogen) atoms. The van der Waals surface area contributed by atoms with Crippen molar-refractivity contribution < 1.29 is 23.1 Å². The average molecular weight is 689 g/mol. The molecule has 0 saturated carbocycles. The molecule has 2 amide bonds. The Balaban J connectivity index is 1.14. The maximum absolute atomic E-state index is 15.3. The fraction of sp³-hybridized carbons (Fsp3) is 0.371. The predicted molar refractivity (Wildman–Crippen MR) is 181 cm³/mol. The first-order chi connectivity index (χ1) is 24.0. The fourth-order valence-electron chi connectivity index (χ4n) is 6.11. The van der Waals surface area contributed by atoms with E-state index < -0.39 is 34.8 Å². The molecule has 1 saturated heterocycles. The molecule has 0 bridgehead atoms. The predicted octanol–water partition coefficient (Wildman–Crippen LogP) is 3.26. The van der Waals surface area contributed by atoms with E-state index in [1.165, 1.54) is 35.2 Å². The van der Waals surface area contributed by atoms with Crippen LogP contribution in [0.4, 0.5) is 14.5 Å². The molecule has 0 aliphatic carbocycles. The van der Waals surface area contributed by atoms with Crippen molar-refractivity contribution in [1.29, 1.82) is 0 Å². The number of aromatic nitrogens is 4. The van der Waals surface area contributed by atoms with E-state index >= 15 is 4.39 Å². The number of hydrogen-bond acceptors (Lipinski definition) is 9. The topological polar surface area (TPSA) is 144 Å². The van der Waals surface area contributed by atoms with Gasteiger partial charge in [0.05, 0.1) is 17.9 Å². The van der Waals surface area contributed by atoms with Crippen LogP contribution in [0.25, 0.3) is 5.69 Å². The minimum Gasteiger partial charge on any atom is -0.436 e. The Morgan fingerprint density at radius 3 is 2.46 bits per heavy atom. The third-order valence-corrected chi connectivity index (χ3v) is 8.89. The van der Waals surface area contributed by atoms with Crippen molar-refractivity contribution >= 4 is 17.5 Å². The zero-order valence-corrected chi connectivity index (χ0v) is 28.0. The molecule has 15 heteroatoms. The fourth-order valence-corrected chi connectivity index (χ4v) is 6.11. The van der Waals surface area contributed by atoms with Crippen LogP contribution < -0.4 is 26.6 Å². The van der Waals surface area contributed by atoms with Crippen LogP contribution in [0.2, 0.25) is 0 Å². The van der Waals surface area contributed by atoms with E-state index in [9.17, 15) is 23.6 Å². The summed E-state index contributed by atoms with van der Waals surface area (Å²) in [5.41, 5.74) is -0.458. The third kappa shape index (κ3) is 7.63. The standard InChI is InChI=1S/C35H38F2N8O5/c1-21(2)44-17-27(34(48)45(35(44)49)25-7-4-22(36)5-8-25)32(47)41-24-6-9-30(28(37)16-24)50-33-26-12-15-43(18-29(26)38-20-39-33)19-31(46)40-23-10-13-42(3)14-11-23/h4-9,16-17,20-21,23H,10-15,18-19H2,1-3H3,(H,40,46)(H,41,47). The Morgan fingerprint density at radius 2 is 1.76 bits per heavy atom. The molecule has 4 aromatic rings. The number of amides is 2. The van der Waals surface area contributed by atoms with Gasteiger partial charge in [-0.3, -0.25) is 23.9 Å². The van der Waals surface area contributed by atoms with Crippen molar-refractivity contribution in [3.05, 3.63) is 104 Å². The normalized spacial score (nSPS) is 15.5. The zero-order chi connectivity index (χ0) is 35.5. The van der Waals surface area contributed by atoms with E-state index in [1.54, 1.807) is 13.8 Å². The van der Waals surface area contributed by atoms with Gasteiger partial charge >= 0.3 is 5.69 Å². The van der Waals surface area contributed by atoms with E-state index in [1.807, 2.05) is 4.90 Å². The molecule has 0 atom stereocenters. The summed E-state index contributed by atoms with van der Waals surface area (Å²) in [4.78, 5) is 65.4. The highest BCUT2D eigenvalue weighted by molar-refractivity contribution is 6.03. The van der Waals surface area contributed by atoms with Gasteiger partial charge in [-0.15, -0.1) is 0 Å². The summed E-state index contributed by atoms with van der Waals surface area (Å²) in [5.74, 6) is -2.20. The SMILES string of the molecule is CC(C)n1cc(C(=O)Nc2ccc(Oc3ncnc4c3CCN(CC(=O)NC3CCN(C)CC3)C4)c(F)c2)c(=O)n(-c2ccc(F)cc2)c1=O. The molecule has 1 fully saturated rings. The number of halogens is 2. The molecule has 0 radical (unpaired) electrons. The van der Waals surface area contributed by atoms with Crippen molar-refractivity contribution in [2.24, 2.45) is 0 Å². The number of rotatable bonds is 9. The minimum atomic E-state index is -0.915. The Morgan fingerprint density at radius 1 is 1.02 bits per heavy atom. The van der Waals surface area contributed by atoms with Gasteiger partial charge in [0.25, 0.3) is 11.5 Å². The van der Waals surface area contributed by atoms with Crippen molar-refractivity contribution in [1.82, 2.24) is 34.2 Å². The van der Waals surface area contributed by atoms with Crippen molar-refractivity contribution in [3.63, 3.8) is 0 Å². The first kappa shape index (κ1) is 34.6. The molecule has 2 aliphatic heterocycles. The second-order valence-electron chi connectivity index (χ2n) is 12.9. The molecule has 2 aromatic heterocycles. The van der Waals surface area contributed by atoms with Gasteiger partial charge < -0.3 is 20.3 Å². The Hall–Kier alpha value is -5.28. The van der Waals surface area contributed by atoms with Gasteiger partial charge in [-0.2, -0.15) is 0 Å². The number of carbonyl (C=O) groups is 2. The van der Waals surface area contributed by atoms with E-state index in [4.69, 9.17) is 4.74 Å². The van der Waals surface area contributed by atoms with Crippen LogP contribution in [0, 0.1) is 11.6 Å². The van der Waals surface area contributed by atoms with Gasteiger partial charge in [-0.25, -0.2) is 28.1 Å². The Kier molecular flexibility index (Phi) is 10.2. The van der Waals surface area contributed by atoms with Crippen LogP contribution in [0.5, 0.6) is 11.6 Å². The number of nitrogens with one attached hydrogen (secondary N) is 2. The quantitative estimate of drug-likeness (QED) is 0.271. The summed E-state index contributed by atoms with van der Waals surface area (Å²) in [5, 5.41) is 5.65. The number of ether oxygens (including phenoxy) is 1. The molecule has 4 heterocycles. The van der Waals surface area contributed by atoms with Crippen LogP contribution in [0.3, 0.4) is 0 Å². The summed E-state index contributed by atoms with van der Waals surface area (Å²) in [6, 6.07) is 8.27. The summed E-state index contributed by atoms with van der Waals surface area (Å²) in [6.07, 6.45) is 4.84. The maximum Gasteiger partial charge on any atom is 0.335 e. The Bertz CT molecular complexity index is 2020. The largest absolute Gasteiger partial charge is 0.436 e. The zero-order valence-electron chi connectivity index (χ0n) is 28.0. The van der Waals surface area contributed by atoms with Crippen LogP contribution in [0.1, 0.15) is 54.3 Å². The number of anilines is 1. The number of likely N-dealkylation sites (tertiary alicyclic amines) is 1. The van der Waals surface area contributed by atoms with Crippen LogP contribution in [-0.4, -0.2) is 80.0 Å². The molecule has 13 nitrogen and oxygen atoms in total. The number of nitrogens with zero attached hydrogens (tertiary/aromatic N) is 6. The van der Waals surface area contributed by atoms with E-state index in [0.29, 0.717) is 30.8 Å². The monoisotopic (exact) mass is 688 g/mol. The molecule has 6 rings (SSSR count). The molecule has 0 spiro atoms. The number of fused-ring (bicyclic) bond motifs is 1. The Labute approximate surface area is 286 Å². The number of piperidine rings is 1. The molecule has 262 valence electrons. The van der Waals surface area contributed by atoms with E-state index in [-0.39, 0.29) is 47.1 Å². The van der Waals surface area contributed by atoms with Crippen LogP contribution >= 0.6 is 0 Å². The first-order valence-electron chi connectivity index (χ1n) is 16.4. The summed E-state index contributed by atoms with van der Waals surface area (Å²) < 4.78 is 36.8. The molecule has 0 unspecified atom stereocenters. The van der Waals surface area contributed by atoms with Gasteiger partial charge in [0.15, 0.2) is 11.6 Å². The van der Waals surface area contributed by atoms with Gasteiger partial charge in [0.2, 0.25) is 11.8 Å². The number of benzene rings is 2. The number of hydrogen-bond donors (Lipinski definition) is 2. The van der Waals surface area contributed by atoms with Gasteiger partial charge in [0.1, 0.15) is 17.7 Å². The molecular weight excluding hydrogens is 650 g/mol. The smallest absolute Gasteiger partial charge is 0.335 e. The third-order valence-electron chi connectivity index (χ3n) is 8.89. The van der Waals surface area contributed by atoms with Gasteiger partial charge in [0, 0.05) is 48.7 Å². The number of carbonyl (C=O) groups excluding carboxylic acids is 2. The first-order valence-corrected chi connectivity index (χ1v) is 16.4. The van der Waals surface area contributed by atoms with Crippen molar-refractivity contribution in [3.8, 4) is 17.3 Å². The molecule has 2 aliphatic rings. The van der Waals surface area contributed by atoms with E-state index in [2.05, 4.69) is 32.5 Å². The second kappa shape index (κ2) is 14.7. The average Bonchev–Trinajstić information content (AvgIpc) is 3.07. The lowest BCUT2D eigenvalue weighted by Crippen LogP contribution is -2.47. The molecule has 2 aromatic carbocycles. The van der Waals surface area contributed by atoms with Gasteiger partial charge in [-0.05, 0) is 89.6 Å². The highest BCUT2D eigenvalue weighted by Gasteiger charge is 2.26. The lowest BCUT2D eigenvalue weighted by atomic mass is 10.0. The minimum absolute atomic E-state index is 0.0251. The highest BCUT2D eigenvalue weighted by atomic mass is 19.1. The summed E-state index contributed by atoms with van der Waals surface area (Å²) in [7, 11) is 2.07.